The van der Waals surface area contributed by atoms with Crippen LogP contribution in [0, 0.1) is 6.92 Å². The van der Waals surface area contributed by atoms with Gasteiger partial charge in [0.05, 0.1) is 0 Å². The zero-order valence-electron chi connectivity index (χ0n) is 14.7. The van der Waals surface area contributed by atoms with Gasteiger partial charge in [-0.1, -0.05) is 50.3 Å². The molecule has 2 bridgehead atoms. The Morgan fingerprint density at radius 3 is 2.48 bits per heavy atom. The highest BCUT2D eigenvalue weighted by Gasteiger charge is 2.49. The maximum Gasteiger partial charge on any atom is 0.590 e. The number of ether oxygens (including phenoxy) is 2. The molecule has 138 valence electrons. The zero-order valence-corrected chi connectivity index (χ0v) is 15.6. The number of fused-ring (bicyclic) bond motifs is 2. The van der Waals surface area contributed by atoms with Crippen molar-refractivity contribution in [3.05, 3.63) is 41.5 Å². The van der Waals surface area contributed by atoms with E-state index in [-0.39, 0.29) is 12.6 Å². The number of unbranched alkanes of at least 4 members (excludes halogenated alkanes) is 4. The van der Waals surface area contributed by atoms with Gasteiger partial charge in [-0.25, -0.2) is 4.57 Å². The van der Waals surface area contributed by atoms with Crippen molar-refractivity contribution in [2.45, 2.75) is 58.7 Å². The van der Waals surface area contributed by atoms with E-state index in [4.69, 9.17) is 23.0 Å². The van der Waals surface area contributed by atoms with Crippen LogP contribution in [0.3, 0.4) is 0 Å². The van der Waals surface area contributed by atoms with Crippen molar-refractivity contribution in [3.8, 4) is 5.75 Å². The molecule has 3 rings (SSSR count). The minimum absolute atomic E-state index is 0.111. The summed E-state index contributed by atoms with van der Waals surface area (Å²) in [6, 6.07) is 7.78. The molecule has 1 aromatic rings. The molecule has 0 aliphatic carbocycles. The van der Waals surface area contributed by atoms with E-state index in [1.807, 2.05) is 31.2 Å². The summed E-state index contributed by atoms with van der Waals surface area (Å²) in [6.45, 7) is 4.33. The summed E-state index contributed by atoms with van der Waals surface area (Å²) in [7, 11) is -3.47. The average molecular weight is 368 g/mol. The molecular weight excluding hydrogens is 343 g/mol. The predicted molar refractivity (Wildman–Crippen MR) is 92.8 cm³/mol. The molecule has 25 heavy (non-hydrogen) atoms. The van der Waals surface area contributed by atoms with E-state index in [9.17, 15) is 4.57 Å². The summed E-state index contributed by atoms with van der Waals surface area (Å²) in [5.74, 6) is 1.19. The van der Waals surface area contributed by atoms with Crippen LogP contribution in [-0.2, 0) is 22.9 Å². The van der Waals surface area contributed by atoms with E-state index in [0.29, 0.717) is 12.2 Å². The molecule has 0 saturated carbocycles. The highest BCUT2D eigenvalue weighted by molar-refractivity contribution is 7.49. The fraction of sp³-hybridized carbons (Fsp3) is 0.556. The summed E-state index contributed by atoms with van der Waals surface area (Å²) >= 11 is 0. The van der Waals surface area contributed by atoms with Crippen LogP contribution in [0.4, 0.5) is 0 Å². The lowest BCUT2D eigenvalue weighted by atomic mass is 10.1. The van der Waals surface area contributed by atoms with Gasteiger partial charge in [-0.2, -0.15) is 0 Å². The molecule has 0 aromatic heterocycles. The molecule has 2 atom stereocenters. The Morgan fingerprint density at radius 1 is 1.08 bits per heavy atom. The van der Waals surface area contributed by atoms with E-state index in [1.165, 1.54) is 19.3 Å². The monoisotopic (exact) mass is 368 g/mol. The Bertz CT molecular complexity index is 654. The van der Waals surface area contributed by atoms with Crippen molar-refractivity contribution < 1.29 is 27.6 Å². The minimum Gasteiger partial charge on any atom is -0.455 e. The lowest BCUT2D eigenvalue weighted by Crippen LogP contribution is -2.21. The Morgan fingerprint density at radius 2 is 1.84 bits per heavy atom. The smallest absolute Gasteiger partial charge is 0.455 e. The molecule has 1 aromatic carbocycles. The molecule has 2 aliphatic rings. The van der Waals surface area contributed by atoms with Crippen molar-refractivity contribution in [2.75, 3.05) is 6.61 Å². The van der Waals surface area contributed by atoms with Gasteiger partial charge >= 0.3 is 13.8 Å². The van der Waals surface area contributed by atoms with Crippen LogP contribution in [0.2, 0.25) is 0 Å². The quantitative estimate of drug-likeness (QED) is 0.312. The van der Waals surface area contributed by atoms with Crippen molar-refractivity contribution in [2.24, 2.45) is 0 Å². The fourth-order valence-corrected chi connectivity index (χ4v) is 3.81. The largest absolute Gasteiger partial charge is 0.590 e. The molecule has 6 nitrogen and oxygen atoms in total. The molecule has 1 saturated heterocycles. The Labute approximate surface area is 148 Å². The van der Waals surface area contributed by atoms with E-state index >= 15 is 0 Å². The third-order valence-corrected chi connectivity index (χ3v) is 5.35. The summed E-state index contributed by atoms with van der Waals surface area (Å²) < 4.78 is 38.9. The molecule has 7 heteroatoms. The van der Waals surface area contributed by atoms with Gasteiger partial charge in [0.2, 0.25) is 12.0 Å². The van der Waals surface area contributed by atoms with Crippen molar-refractivity contribution in [1.29, 1.82) is 0 Å². The molecule has 2 aliphatic heterocycles. The topological polar surface area (TPSA) is 63.2 Å². The third-order valence-electron chi connectivity index (χ3n) is 4.07. The normalized spacial score (nSPS) is 22.5. The summed E-state index contributed by atoms with van der Waals surface area (Å²) in [4.78, 5) is 0. The SMILES string of the molecule is CCCCCCCC(OC1=C2COP(=O)(O2)O1)Oc1ccc(C)cc1. The molecule has 0 spiro atoms. The van der Waals surface area contributed by atoms with Crippen LogP contribution in [-0.4, -0.2) is 12.9 Å². The van der Waals surface area contributed by atoms with Gasteiger partial charge in [0.15, 0.2) is 0 Å². The standard InChI is InChI=1S/C18H25O6P/c1-3-4-5-6-7-8-17(21-15-11-9-14(2)10-12-15)22-18-16-13-20-25(19,23-16)24-18/h9-12,17H,3-8,13H2,1-2H3. The predicted octanol–water partition coefficient (Wildman–Crippen LogP) is 5.43. The maximum absolute atomic E-state index is 11.9. The van der Waals surface area contributed by atoms with Crippen LogP contribution >= 0.6 is 7.82 Å². The van der Waals surface area contributed by atoms with Gasteiger partial charge in [-0.15, -0.1) is 0 Å². The lowest BCUT2D eigenvalue weighted by Gasteiger charge is -2.21. The second-order valence-corrected chi connectivity index (χ2v) is 7.81. The molecule has 0 N–H and O–H groups in total. The van der Waals surface area contributed by atoms with E-state index in [1.54, 1.807) is 0 Å². The van der Waals surface area contributed by atoms with Gasteiger partial charge < -0.3 is 18.5 Å². The van der Waals surface area contributed by atoms with Crippen LogP contribution < -0.4 is 4.74 Å². The van der Waals surface area contributed by atoms with Crippen LogP contribution in [0.25, 0.3) is 0 Å². The van der Waals surface area contributed by atoms with Crippen LogP contribution in [0.1, 0.15) is 51.0 Å². The average Bonchev–Trinajstić information content (AvgIpc) is 3.12. The second kappa shape index (κ2) is 8.15. The van der Waals surface area contributed by atoms with E-state index < -0.39 is 14.1 Å². The summed E-state index contributed by atoms with van der Waals surface area (Å²) in [5.41, 5.74) is 1.16. The van der Waals surface area contributed by atoms with E-state index in [0.717, 1.165) is 24.2 Å². The Hall–Kier alpha value is -1.65. The van der Waals surface area contributed by atoms with Gasteiger partial charge in [0.1, 0.15) is 12.4 Å². The van der Waals surface area contributed by atoms with Crippen molar-refractivity contribution >= 4 is 7.82 Å². The number of aryl methyl sites for hydroxylation is 1. The highest BCUT2D eigenvalue weighted by atomic mass is 31.2. The Balaban J connectivity index is 1.60. The first kappa shape index (κ1) is 18.2. The number of benzene rings is 1. The van der Waals surface area contributed by atoms with Gasteiger partial charge in [0.25, 0.3) is 0 Å². The number of rotatable bonds is 10. The number of phosphoric ester groups is 1. The maximum atomic E-state index is 11.9. The van der Waals surface area contributed by atoms with Gasteiger partial charge in [-0.3, -0.25) is 4.52 Å². The molecular formula is C18H25O6P. The molecule has 0 amide bonds. The first-order valence-electron chi connectivity index (χ1n) is 8.85. The highest BCUT2D eigenvalue weighted by Crippen LogP contribution is 2.63. The first-order valence-corrected chi connectivity index (χ1v) is 10.3. The minimum atomic E-state index is -3.47. The molecule has 2 heterocycles. The molecule has 0 radical (unpaired) electrons. The first-order chi connectivity index (χ1) is 12.1. The molecule has 2 unspecified atom stereocenters. The van der Waals surface area contributed by atoms with Crippen molar-refractivity contribution in [3.63, 3.8) is 0 Å². The number of phosphoric acid groups is 1. The van der Waals surface area contributed by atoms with Gasteiger partial charge in [0, 0.05) is 6.42 Å². The fourth-order valence-electron chi connectivity index (χ4n) is 2.65. The summed E-state index contributed by atoms with van der Waals surface area (Å²) in [6.07, 6.45) is 5.92. The summed E-state index contributed by atoms with van der Waals surface area (Å²) in [5, 5.41) is 0. The van der Waals surface area contributed by atoms with Crippen LogP contribution in [0.15, 0.2) is 36.0 Å². The number of hydrogen-bond donors (Lipinski definition) is 0. The third kappa shape index (κ3) is 4.93. The Kier molecular flexibility index (Phi) is 5.92. The lowest BCUT2D eigenvalue weighted by molar-refractivity contribution is -0.0860. The zero-order chi connectivity index (χ0) is 17.7. The van der Waals surface area contributed by atoms with Crippen molar-refractivity contribution in [1.82, 2.24) is 0 Å². The second-order valence-electron chi connectivity index (χ2n) is 6.30. The molecule has 1 fully saturated rings. The van der Waals surface area contributed by atoms with Gasteiger partial charge in [-0.05, 0) is 25.5 Å². The van der Waals surface area contributed by atoms with Crippen LogP contribution in [0.5, 0.6) is 5.75 Å². The number of hydrogen-bond acceptors (Lipinski definition) is 6. The van der Waals surface area contributed by atoms with E-state index in [2.05, 4.69) is 6.92 Å².